The number of aromatic hydroxyl groups is 1. The summed E-state index contributed by atoms with van der Waals surface area (Å²) in [5.41, 5.74) is 3.15. The van der Waals surface area contributed by atoms with E-state index in [0.717, 1.165) is 22.2 Å². The summed E-state index contributed by atoms with van der Waals surface area (Å²) in [7, 11) is 0. The molecule has 0 spiro atoms. The fourth-order valence-electron chi connectivity index (χ4n) is 3.31. The number of fused-ring (bicyclic) bond motifs is 1. The number of aromatic nitrogens is 2. The molecule has 1 atom stereocenters. The van der Waals surface area contributed by atoms with Crippen molar-refractivity contribution in [1.82, 2.24) is 9.97 Å². The number of halogens is 2. The highest BCUT2D eigenvalue weighted by Crippen LogP contribution is 2.39. The van der Waals surface area contributed by atoms with Gasteiger partial charge in [0.2, 0.25) is 0 Å². The lowest BCUT2D eigenvalue weighted by atomic mass is 9.86. The van der Waals surface area contributed by atoms with Crippen molar-refractivity contribution in [2.75, 3.05) is 0 Å². The molecular formula is C22H16Cl2N2O. The Labute approximate surface area is 167 Å². The number of phenols is 1. The summed E-state index contributed by atoms with van der Waals surface area (Å²) in [6, 6.07) is 19.1. The van der Waals surface area contributed by atoms with Gasteiger partial charge in [0.25, 0.3) is 0 Å². The summed E-state index contributed by atoms with van der Waals surface area (Å²) in [4.78, 5) is 8.76. The zero-order valence-electron chi connectivity index (χ0n) is 14.3. The van der Waals surface area contributed by atoms with Crippen LogP contribution < -0.4 is 0 Å². The van der Waals surface area contributed by atoms with Gasteiger partial charge in [0.15, 0.2) is 0 Å². The standard InChI is InChI=1S/C22H16Cl2N2O/c23-15-8-9-16(26-13-15)12-19(17-5-1-2-6-20(17)24)18-10-7-14-4-3-11-25-21(14)22(18)27/h1-11,13,19,27H,12H2. The lowest BCUT2D eigenvalue weighted by Crippen LogP contribution is -2.08. The average molecular weight is 395 g/mol. The Kier molecular flexibility index (Phi) is 4.97. The lowest BCUT2D eigenvalue weighted by molar-refractivity contribution is 0.469. The van der Waals surface area contributed by atoms with Crippen molar-refractivity contribution in [1.29, 1.82) is 0 Å². The normalized spacial score (nSPS) is 12.2. The molecule has 4 aromatic rings. The van der Waals surface area contributed by atoms with Gasteiger partial charge in [0.05, 0.1) is 5.02 Å². The van der Waals surface area contributed by atoms with E-state index in [1.807, 2.05) is 60.7 Å². The van der Waals surface area contributed by atoms with Crippen molar-refractivity contribution in [3.8, 4) is 5.75 Å². The molecule has 0 aliphatic rings. The Bertz CT molecular complexity index is 1100. The minimum Gasteiger partial charge on any atom is -0.505 e. The first-order valence-electron chi connectivity index (χ1n) is 8.55. The molecule has 5 heteroatoms. The van der Waals surface area contributed by atoms with E-state index < -0.39 is 0 Å². The zero-order chi connectivity index (χ0) is 18.8. The van der Waals surface area contributed by atoms with Gasteiger partial charge < -0.3 is 5.11 Å². The minimum atomic E-state index is -0.168. The minimum absolute atomic E-state index is 0.168. The maximum atomic E-state index is 10.9. The third kappa shape index (κ3) is 3.61. The molecule has 3 nitrogen and oxygen atoms in total. The molecule has 0 radical (unpaired) electrons. The Balaban J connectivity index is 1.86. The highest BCUT2D eigenvalue weighted by atomic mass is 35.5. The maximum absolute atomic E-state index is 10.9. The maximum Gasteiger partial charge on any atom is 0.145 e. The number of benzene rings is 2. The lowest BCUT2D eigenvalue weighted by Gasteiger charge is -2.21. The van der Waals surface area contributed by atoms with Gasteiger partial charge in [-0.05, 0) is 29.8 Å². The van der Waals surface area contributed by atoms with E-state index in [1.165, 1.54) is 0 Å². The van der Waals surface area contributed by atoms with Crippen LogP contribution in [0.2, 0.25) is 10.0 Å². The number of hydrogen-bond acceptors (Lipinski definition) is 3. The topological polar surface area (TPSA) is 46.0 Å². The third-order valence-electron chi connectivity index (χ3n) is 4.64. The molecule has 0 aliphatic heterocycles. The number of nitrogens with zero attached hydrogens (tertiary/aromatic N) is 2. The first kappa shape index (κ1) is 17.8. The molecule has 2 aromatic carbocycles. The fraction of sp³-hybridized carbons (Fsp3) is 0.0909. The molecular weight excluding hydrogens is 379 g/mol. The molecule has 0 aliphatic carbocycles. The van der Waals surface area contributed by atoms with Gasteiger partial charge in [-0.2, -0.15) is 0 Å². The Morgan fingerprint density at radius 3 is 2.48 bits per heavy atom. The monoisotopic (exact) mass is 394 g/mol. The van der Waals surface area contributed by atoms with Crippen LogP contribution >= 0.6 is 23.2 Å². The molecule has 0 fully saturated rings. The summed E-state index contributed by atoms with van der Waals surface area (Å²) in [6.45, 7) is 0. The quantitative estimate of drug-likeness (QED) is 0.460. The van der Waals surface area contributed by atoms with E-state index in [0.29, 0.717) is 22.0 Å². The molecule has 134 valence electrons. The van der Waals surface area contributed by atoms with Crippen molar-refractivity contribution in [3.05, 3.63) is 99.9 Å². The third-order valence-corrected chi connectivity index (χ3v) is 5.20. The van der Waals surface area contributed by atoms with Gasteiger partial charge in [0.1, 0.15) is 11.3 Å². The highest BCUT2D eigenvalue weighted by molar-refractivity contribution is 6.31. The van der Waals surface area contributed by atoms with Gasteiger partial charge in [-0.25, -0.2) is 0 Å². The van der Waals surface area contributed by atoms with Crippen LogP contribution in [0.1, 0.15) is 22.7 Å². The van der Waals surface area contributed by atoms with Gasteiger partial charge in [-0.15, -0.1) is 0 Å². The van der Waals surface area contributed by atoms with E-state index in [9.17, 15) is 5.11 Å². The van der Waals surface area contributed by atoms with E-state index in [2.05, 4.69) is 9.97 Å². The van der Waals surface area contributed by atoms with Crippen LogP contribution in [-0.2, 0) is 6.42 Å². The van der Waals surface area contributed by atoms with Crippen LogP contribution in [0.3, 0.4) is 0 Å². The number of pyridine rings is 2. The Hall–Kier alpha value is -2.62. The molecule has 0 amide bonds. The molecule has 2 heterocycles. The van der Waals surface area contributed by atoms with Crippen molar-refractivity contribution in [2.24, 2.45) is 0 Å². The predicted octanol–water partition coefficient (Wildman–Crippen LogP) is 6.02. The van der Waals surface area contributed by atoms with Crippen LogP contribution in [0.25, 0.3) is 10.9 Å². The van der Waals surface area contributed by atoms with Crippen molar-refractivity contribution >= 4 is 34.1 Å². The van der Waals surface area contributed by atoms with E-state index >= 15 is 0 Å². The molecule has 1 N–H and O–H groups in total. The SMILES string of the molecule is Oc1c(C(Cc2ccc(Cl)cn2)c2ccccc2Cl)ccc2cccnc12. The summed E-state index contributed by atoms with van der Waals surface area (Å²) in [6.07, 6.45) is 3.88. The molecule has 0 saturated carbocycles. The van der Waals surface area contributed by atoms with Crippen LogP contribution in [0.15, 0.2) is 73.1 Å². The van der Waals surface area contributed by atoms with E-state index in [1.54, 1.807) is 12.4 Å². The fourth-order valence-corrected chi connectivity index (χ4v) is 3.69. The zero-order valence-corrected chi connectivity index (χ0v) is 15.8. The van der Waals surface area contributed by atoms with Gasteiger partial charge >= 0.3 is 0 Å². The van der Waals surface area contributed by atoms with Gasteiger partial charge in [-0.3, -0.25) is 9.97 Å². The smallest absolute Gasteiger partial charge is 0.145 e. The summed E-state index contributed by atoms with van der Waals surface area (Å²) in [5.74, 6) is 0.00534. The molecule has 0 saturated heterocycles. The van der Waals surface area contributed by atoms with Crippen molar-refractivity contribution < 1.29 is 5.11 Å². The second-order valence-electron chi connectivity index (χ2n) is 6.32. The molecule has 27 heavy (non-hydrogen) atoms. The van der Waals surface area contributed by atoms with Gasteiger partial charge in [0, 0.05) is 46.4 Å². The summed E-state index contributed by atoms with van der Waals surface area (Å²) >= 11 is 12.5. The number of rotatable bonds is 4. The first-order chi connectivity index (χ1) is 13.1. The van der Waals surface area contributed by atoms with E-state index in [4.69, 9.17) is 23.2 Å². The van der Waals surface area contributed by atoms with Gasteiger partial charge in [-0.1, -0.05) is 59.6 Å². The Morgan fingerprint density at radius 2 is 1.70 bits per heavy atom. The molecule has 1 unspecified atom stereocenters. The molecule has 0 bridgehead atoms. The highest BCUT2D eigenvalue weighted by Gasteiger charge is 2.22. The van der Waals surface area contributed by atoms with Crippen LogP contribution in [0.5, 0.6) is 5.75 Å². The largest absolute Gasteiger partial charge is 0.505 e. The van der Waals surface area contributed by atoms with Crippen LogP contribution in [0.4, 0.5) is 0 Å². The second kappa shape index (κ2) is 7.55. The molecule has 2 aromatic heterocycles. The van der Waals surface area contributed by atoms with E-state index in [-0.39, 0.29) is 11.7 Å². The Morgan fingerprint density at radius 1 is 0.852 bits per heavy atom. The van der Waals surface area contributed by atoms with Crippen molar-refractivity contribution in [2.45, 2.75) is 12.3 Å². The van der Waals surface area contributed by atoms with Crippen molar-refractivity contribution in [3.63, 3.8) is 0 Å². The summed E-state index contributed by atoms with van der Waals surface area (Å²) < 4.78 is 0. The first-order valence-corrected chi connectivity index (χ1v) is 9.30. The predicted molar refractivity (Wildman–Crippen MR) is 110 cm³/mol. The van der Waals surface area contributed by atoms with Crippen LogP contribution in [-0.4, -0.2) is 15.1 Å². The number of phenolic OH excluding ortho intramolecular Hbond substituents is 1. The van der Waals surface area contributed by atoms with Crippen LogP contribution in [0, 0.1) is 0 Å². The summed E-state index contributed by atoms with van der Waals surface area (Å²) in [5, 5.41) is 13.1. The molecule has 4 rings (SSSR count). The second-order valence-corrected chi connectivity index (χ2v) is 7.17. The number of hydrogen-bond donors (Lipinski definition) is 1. The average Bonchev–Trinajstić information content (AvgIpc) is 2.69.